The highest BCUT2D eigenvalue weighted by Gasteiger charge is 2.08. The first-order valence-electron chi connectivity index (χ1n) is 4.24. The fourth-order valence-electron chi connectivity index (χ4n) is 1.20. The summed E-state index contributed by atoms with van der Waals surface area (Å²) >= 11 is 1.61. The Morgan fingerprint density at radius 3 is 2.83 bits per heavy atom. The molecule has 0 bridgehead atoms. The normalized spacial score (nSPS) is 13.7. The summed E-state index contributed by atoms with van der Waals surface area (Å²) in [7, 11) is 0. The molecule has 1 rings (SSSR count). The minimum absolute atomic E-state index is 0.203. The van der Waals surface area contributed by atoms with E-state index in [1.54, 1.807) is 16.8 Å². The van der Waals surface area contributed by atoms with E-state index in [0.717, 1.165) is 12.8 Å². The van der Waals surface area contributed by atoms with E-state index in [0.29, 0.717) is 5.92 Å². The molecule has 0 amide bonds. The number of aliphatic hydroxyl groups is 1. The molecule has 1 aromatic rings. The van der Waals surface area contributed by atoms with Crippen LogP contribution in [0.1, 0.15) is 25.1 Å². The Balaban J connectivity index is 2.32. The van der Waals surface area contributed by atoms with Crippen molar-refractivity contribution < 1.29 is 5.11 Å². The Bertz CT molecular complexity index is 208. The fraction of sp³-hybridized carbons (Fsp3) is 0.667. The lowest BCUT2D eigenvalue weighted by molar-refractivity contribution is 0.150. The smallest absolute Gasteiger partial charge is 0.0794 e. The van der Waals surface area contributed by atoms with Gasteiger partial charge in [-0.1, -0.05) is 13.8 Å². The van der Waals surface area contributed by atoms with Crippen molar-refractivity contribution in [1.29, 1.82) is 0 Å². The van der Waals surface area contributed by atoms with Gasteiger partial charge in [0, 0.05) is 17.5 Å². The van der Waals surface area contributed by atoms with Crippen molar-refractivity contribution in [3.63, 3.8) is 0 Å². The Labute approximate surface area is 77.3 Å². The van der Waals surface area contributed by atoms with Gasteiger partial charge >= 0.3 is 0 Å². The van der Waals surface area contributed by atoms with Crippen LogP contribution in [0.15, 0.2) is 11.7 Å². The molecule has 0 aliphatic carbocycles. The monoisotopic (exact) mass is 185 g/mol. The third-order valence-electron chi connectivity index (χ3n) is 1.66. The van der Waals surface area contributed by atoms with E-state index in [-0.39, 0.29) is 6.10 Å². The van der Waals surface area contributed by atoms with Gasteiger partial charge in [0.2, 0.25) is 0 Å². The maximum absolute atomic E-state index is 9.57. The lowest BCUT2D eigenvalue weighted by Gasteiger charge is -2.10. The number of aromatic nitrogens is 1. The second-order valence-corrected chi connectivity index (χ2v) is 4.43. The van der Waals surface area contributed by atoms with E-state index in [1.165, 1.54) is 4.88 Å². The lowest BCUT2D eigenvalue weighted by Crippen LogP contribution is -2.12. The van der Waals surface area contributed by atoms with Gasteiger partial charge in [-0.15, -0.1) is 11.3 Å². The molecule has 0 radical (unpaired) electrons. The molecule has 0 saturated carbocycles. The van der Waals surface area contributed by atoms with Crippen LogP contribution < -0.4 is 0 Å². The molecule has 2 nitrogen and oxygen atoms in total. The van der Waals surface area contributed by atoms with Crippen LogP contribution >= 0.6 is 11.3 Å². The Hall–Kier alpha value is -0.410. The van der Waals surface area contributed by atoms with Crippen LogP contribution in [0.25, 0.3) is 0 Å². The van der Waals surface area contributed by atoms with E-state index in [1.807, 2.05) is 6.20 Å². The summed E-state index contributed by atoms with van der Waals surface area (Å²) in [6.07, 6.45) is 3.25. The van der Waals surface area contributed by atoms with Crippen molar-refractivity contribution >= 4 is 11.3 Å². The summed E-state index contributed by atoms with van der Waals surface area (Å²) in [5, 5.41) is 9.57. The third kappa shape index (κ3) is 3.32. The number of hydrogen-bond acceptors (Lipinski definition) is 3. The Morgan fingerprint density at radius 1 is 1.58 bits per heavy atom. The molecule has 1 heterocycles. The van der Waals surface area contributed by atoms with Gasteiger partial charge in [-0.25, -0.2) is 0 Å². The molecule has 0 fully saturated rings. The molecule has 0 aliphatic heterocycles. The van der Waals surface area contributed by atoms with Gasteiger partial charge < -0.3 is 5.11 Å². The summed E-state index contributed by atoms with van der Waals surface area (Å²) in [5.74, 6) is 0.563. The van der Waals surface area contributed by atoms with Gasteiger partial charge in [0.1, 0.15) is 0 Å². The average Bonchev–Trinajstić information content (AvgIpc) is 2.37. The quantitative estimate of drug-likeness (QED) is 0.779. The Morgan fingerprint density at radius 2 is 2.33 bits per heavy atom. The zero-order valence-corrected chi connectivity index (χ0v) is 8.34. The van der Waals surface area contributed by atoms with Crippen molar-refractivity contribution in [2.24, 2.45) is 5.92 Å². The van der Waals surface area contributed by atoms with Gasteiger partial charge in [0.25, 0.3) is 0 Å². The molecule has 1 unspecified atom stereocenters. The number of thiazole rings is 1. The molecule has 12 heavy (non-hydrogen) atoms. The molecular weight excluding hydrogens is 170 g/mol. The first-order valence-corrected chi connectivity index (χ1v) is 5.12. The number of aliphatic hydroxyl groups excluding tert-OH is 1. The molecule has 3 heteroatoms. The maximum atomic E-state index is 9.57. The molecular formula is C9H15NOS. The number of hydrogen-bond donors (Lipinski definition) is 1. The molecule has 0 spiro atoms. The highest BCUT2D eigenvalue weighted by Crippen LogP contribution is 2.13. The van der Waals surface area contributed by atoms with Crippen LogP contribution in [-0.2, 0) is 6.42 Å². The number of nitrogens with zero attached hydrogens (tertiary/aromatic N) is 1. The molecule has 0 aliphatic rings. The van der Waals surface area contributed by atoms with Crippen molar-refractivity contribution in [3.8, 4) is 0 Å². The molecule has 68 valence electrons. The first kappa shape index (κ1) is 9.68. The van der Waals surface area contributed by atoms with E-state index >= 15 is 0 Å². The fourth-order valence-corrected chi connectivity index (χ4v) is 1.87. The number of rotatable bonds is 4. The molecule has 0 aromatic carbocycles. The van der Waals surface area contributed by atoms with Crippen LogP contribution in [0.2, 0.25) is 0 Å². The van der Waals surface area contributed by atoms with Gasteiger partial charge in [-0.2, -0.15) is 0 Å². The summed E-state index contributed by atoms with van der Waals surface area (Å²) in [6.45, 7) is 4.24. The molecule has 1 N–H and O–H groups in total. The third-order valence-corrected chi connectivity index (χ3v) is 2.47. The maximum Gasteiger partial charge on any atom is 0.0794 e. The van der Waals surface area contributed by atoms with E-state index in [9.17, 15) is 5.11 Å². The molecule has 1 atom stereocenters. The van der Waals surface area contributed by atoms with Crippen LogP contribution in [-0.4, -0.2) is 16.2 Å². The Kier molecular flexibility index (Phi) is 3.69. The summed E-state index contributed by atoms with van der Waals surface area (Å²) < 4.78 is 0. The predicted molar refractivity (Wildman–Crippen MR) is 51.3 cm³/mol. The molecule has 0 saturated heterocycles. The lowest BCUT2D eigenvalue weighted by atomic mass is 10.0. The van der Waals surface area contributed by atoms with E-state index in [4.69, 9.17) is 0 Å². The van der Waals surface area contributed by atoms with Crippen molar-refractivity contribution in [1.82, 2.24) is 4.98 Å². The van der Waals surface area contributed by atoms with Crippen molar-refractivity contribution in [3.05, 3.63) is 16.6 Å². The standard InChI is InChI=1S/C9H15NOS/c1-7(2)3-8(11)4-9-5-10-6-12-9/h5-8,11H,3-4H2,1-2H3. The van der Waals surface area contributed by atoms with Crippen molar-refractivity contribution in [2.75, 3.05) is 0 Å². The van der Waals surface area contributed by atoms with Crippen LogP contribution in [0.5, 0.6) is 0 Å². The van der Waals surface area contributed by atoms with E-state index < -0.39 is 0 Å². The molecule has 1 aromatic heterocycles. The van der Waals surface area contributed by atoms with Crippen LogP contribution in [0.3, 0.4) is 0 Å². The summed E-state index contributed by atoms with van der Waals surface area (Å²) in [5.41, 5.74) is 1.80. The zero-order valence-electron chi connectivity index (χ0n) is 7.53. The van der Waals surface area contributed by atoms with Crippen LogP contribution in [0, 0.1) is 5.92 Å². The van der Waals surface area contributed by atoms with Gasteiger partial charge in [0.05, 0.1) is 11.6 Å². The zero-order chi connectivity index (χ0) is 8.97. The SMILES string of the molecule is CC(C)CC(O)Cc1cncs1. The van der Waals surface area contributed by atoms with Crippen molar-refractivity contribution in [2.45, 2.75) is 32.8 Å². The highest BCUT2D eigenvalue weighted by molar-refractivity contribution is 7.09. The van der Waals surface area contributed by atoms with Gasteiger partial charge in [0.15, 0.2) is 0 Å². The highest BCUT2D eigenvalue weighted by atomic mass is 32.1. The largest absolute Gasteiger partial charge is 0.393 e. The van der Waals surface area contributed by atoms with Gasteiger partial charge in [-0.3, -0.25) is 4.98 Å². The predicted octanol–water partition coefficient (Wildman–Crippen LogP) is 2.09. The first-order chi connectivity index (χ1) is 5.68. The minimum atomic E-state index is -0.203. The van der Waals surface area contributed by atoms with E-state index in [2.05, 4.69) is 18.8 Å². The summed E-state index contributed by atoms with van der Waals surface area (Å²) in [4.78, 5) is 5.13. The average molecular weight is 185 g/mol. The van der Waals surface area contributed by atoms with Crippen LogP contribution in [0.4, 0.5) is 0 Å². The second-order valence-electron chi connectivity index (χ2n) is 3.46. The van der Waals surface area contributed by atoms with Gasteiger partial charge in [-0.05, 0) is 12.3 Å². The second kappa shape index (κ2) is 4.58. The summed E-state index contributed by atoms with van der Waals surface area (Å²) in [6, 6.07) is 0. The minimum Gasteiger partial charge on any atom is -0.393 e. The topological polar surface area (TPSA) is 33.1 Å².